The summed E-state index contributed by atoms with van der Waals surface area (Å²) in [6.07, 6.45) is 0.427. The van der Waals surface area contributed by atoms with Crippen LogP contribution < -0.4 is 5.32 Å². The third-order valence-electron chi connectivity index (χ3n) is 2.80. The van der Waals surface area contributed by atoms with Gasteiger partial charge in [0.05, 0.1) is 5.92 Å². The van der Waals surface area contributed by atoms with E-state index in [1.807, 2.05) is 30.3 Å². The molecule has 1 aromatic carbocycles. The molecule has 17 heavy (non-hydrogen) atoms. The summed E-state index contributed by atoms with van der Waals surface area (Å²) < 4.78 is 5.20. The molecule has 2 aromatic rings. The van der Waals surface area contributed by atoms with E-state index in [1.54, 1.807) is 0 Å². The second-order valence-electron chi connectivity index (χ2n) is 4.03. The molecule has 1 saturated heterocycles. The van der Waals surface area contributed by atoms with E-state index in [4.69, 9.17) is 4.52 Å². The Bertz CT molecular complexity index is 536. The average Bonchev–Trinajstić information content (AvgIpc) is 2.98. The van der Waals surface area contributed by atoms with Crippen LogP contribution in [0.2, 0.25) is 0 Å². The van der Waals surface area contributed by atoms with E-state index in [1.165, 1.54) is 0 Å². The Kier molecular flexibility index (Phi) is 2.36. The number of benzene rings is 1. The lowest BCUT2D eigenvalue weighted by Crippen LogP contribution is -2.13. The number of carbonyl (C=O) groups excluding carboxylic acids is 1. The normalized spacial score (nSPS) is 19.3. The summed E-state index contributed by atoms with van der Waals surface area (Å²) in [4.78, 5) is 15.4. The highest BCUT2D eigenvalue weighted by atomic mass is 16.5. The molecule has 1 amide bonds. The fraction of sp³-hybridized carbons (Fsp3) is 0.250. The fourth-order valence-electron chi connectivity index (χ4n) is 1.89. The molecule has 5 heteroatoms. The van der Waals surface area contributed by atoms with Crippen LogP contribution in [0.25, 0.3) is 11.4 Å². The number of rotatable bonds is 2. The standard InChI is InChI=1S/C12H11N3O2/c16-10-6-9(7-13-10)12-14-11(15-17-12)8-4-2-1-3-5-8/h1-5,9H,6-7H2,(H,13,16)/t9-/m0/s1. The Balaban J connectivity index is 1.86. The maximum absolute atomic E-state index is 11.1. The van der Waals surface area contributed by atoms with Gasteiger partial charge in [-0.1, -0.05) is 35.5 Å². The van der Waals surface area contributed by atoms with Gasteiger partial charge in [0.2, 0.25) is 17.6 Å². The van der Waals surface area contributed by atoms with Crippen LogP contribution in [0.5, 0.6) is 0 Å². The summed E-state index contributed by atoms with van der Waals surface area (Å²) in [6.45, 7) is 0.579. The summed E-state index contributed by atoms with van der Waals surface area (Å²) in [7, 11) is 0. The van der Waals surface area contributed by atoms with Gasteiger partial charge in [0.25, 0.3) is 0 Å². The molecule has 0 bridgehead atoms. The number of nitrogens with zero attached hydrogens (tertiary/aromatic N) is 2. The number of hydrogen-bond donors (Lipinski definition) is 1. The molecule has 0 aliphatic carbocycles. The molecule has 5 nitrogen and oxygen atoms in total. The van der Waals surface area contributed by atoms with E-state index in [0.717, 1.165) is 5.56 Å². The van der Waals surface area contributed by atoms with Gasteiger partial charge in [0.1, 0.15) is 0 Å². The van der Waals surface area contributed by atoms with Gasteiger partial charge in [-0.15, -0.1) is 0 Å². The van der Waals surface area contributed by atoms with Crippen LogP contribution in [0.1, 0.15) is 18.2 Å². The van der Waals surface area contributed by atoms with Crippen molar-refractivity contribution in [1.29, 1.82) is 0 Å². The first kappa shape index (κ1) is 10.0. The predicted molar refractivity (Wildman–Crippen MR) is 60.1 cm³/mol. The summed E-state index contributed by atoms with van der Waals surface area (Å²) in [6, 6.07) is 9.63. The first-order valence-corrected chi connectivity index (χ1v) is 5.48. The van der Waals surface area contributed by atoms with Gasteiger partial charge >= 0.3 is 0 Å². The number of nitrogens with one attached hydrogen (secondary N) is 1. The summed E-state index contributed by atoms with van der Waals surface area (Å²) in [5, 5.41) is 6.68. The molecule has 0 unspecified atom stereocenters. The lowest BCUT2D eigenvalue weighted by molar-refractivity contribution is -0.119. The molecule has 1 aromatic heterocycles. The van der Waals surface area contributed by atoms with Crippen molar-refractivity contribution in [2.24, 2.45) is 0 Å². The van der Waals surface area contributed by atoms with Crippen molar-refractivity contribution in [3.05, 3.63) is 36.2 Å². The Morgan fingerprint density at radius 2 is 2.12 bits per heavy atom. The minimum absolute atomic E-state index is 0.00691. The third kappa shape index (κ3) is 1.91. The monoisotopic (exact) mass is 229 g/mol. The van der Waals surface area contributed by atoms with Crippen LogP contribution in [0.15, 0.2) is 34.9 Å². The van der Waals surface area contributed by atoms with Crippen molar-refractivity contribution in [1.82, 2.24) is 15.5 Å². The van der Waals surface area contributed by atoms with Crippen molar-refractivity contribution >= 4 is 5.91 Å². The zero-order valence-electron chi connectivity index (χ0n) is 9.09. The summed E-state index contributed by atoms with van der Waals surface area (Å²) in [5.41, 5.74) is 0.916. The van der Waals surface area contributed by atoms with Crippen molar-refractivity contribution in [2.75, 3.05) is 6.54 Å². The van der Waals surface area contributed by atoms with E-state index < -0.39 is 0 Å². The number of aromatic nitrogens is 2. The van der Waals surface area contributed by atoms with Gasteiger partial charge in [-0.3, -0.25) is 4.79 Å². The number of hydrogen-bond acceptors (Lipinski definition) is 4. The van der Waals surface area contributed by atoms with Crippen LogP contribution >= 0.6 is 0 Å². The largest absolute Gasteiger partial charge is 0.355 e. The van der Waals surface area contributed by atoms with E-state index in [9.17, 15) is 4.79 Å². The quantitative estimate of drug-likeness (QED) is 0.843. The lowest BCUT2D eigenvalue weighted by atomic mass is 10.1. The molecule has 1 atom stereocenters. The molecule has 1 aliphatic heterocycles. The highest BCUT2D eigenvalue weighted by Gasteiger charge is 2.28. The Labute approximate surface area is 97.8 Å². The van der Waals surface area contributed by atoms with E-state index in [2.05, 4.69) is 15.5 Å². The van der Waals surface area contributed by atoms with Crippen molar-refractivity contribution in [3.8, 4) is 11.4 Å². The Morgan fingerprint density at radius 1 is 1.29 bits per heavy atom. The maximum Gasteiger partial charge on any atom is 0.232 e. The van der Waals surface area contributed by atoms with E-state index >= 15 is 0 Å². The van der Waals surface area contributed by atoms with Gasteiger partial charge in [-0.25, -0.2) is 0 Å². The minimum Gasteiger partial charge on any atom is -0.355 e. The lowest BCUT2D eigenvalue weighted by Gasteiger charge is -1.97. The molecular formula is C12H11N3O2. The number of carbonyl (C=O) groups is 1. The molecule has 0 radical (unpaired) electrons. The molecule has 1 aliphatic rings. The third-order valence-corrected chi connectivity index (χ3v) is 2.80. The van der Waals surface area contributed by atoms with Gasteiger partial charge in [-0.2, -0.15) is 4.98 Å². The second-order valence-corrected chi connectivity index (χ2v) is 4.03. The molecule has 0 saturated carbocycles. The van der Waals surface area contributed by atoms with E-state index in [-0.39, 0.29) is 11.8 Å². The SMILES string of the molecule is O=C1C[C@H](c2nc(-c3ccccc3)no2)CN1. The number of amides is 1. The second kappa shape index (κ2) is 4.01. The van der Waals surface area contributed by atoms with Gasteiger partial charge < -0.3 is 9.84 Å². The minimum atomic E-state index is 0.00691. The Hall–Kier alpha value is -2.17. The molecule has 0 spiro atoms. The van der Waals surface area contributed by atoms with Gasteiger partial charge in [0.15, 0.2) is 0 Å². The van der Waals surface area contributed by atoms with Crippen LogP contribution in [0, 0.1) is 0 Å². The first-order chi connectivity index (χ1) is 8.33. The Morgan fingerprint density at radius 3 is 2.82 bits per heavy atom. The van der Waals surface area contributed by atoms with Crippen LogP contribution in [-0.4, -0.2) is 22.6 Å². The zero-order valence-corrected chi connectivity index (χ0v) is 9.09. The predicted octanol–water partition coefficient (Wildman–Crippen LogP) is 1.34. The first-order valence-electron chi connectivity index (χ1n) is 5.48. The molecule has 86 valence electrons. The molecule has 1 N–H and O–H groups in total. The molecular weight excluding hydrogens is 218 g/mol. The van der Waals surface area contributed by atoms with Crippen LogP contribution in [-0.2, 0) is 4.79 Å². The van der Waals surface area contributed by atoms with Gasteiger partial charge in [-0.05, 0) is 0 Å². The molecule has 3 rings (SSSR count). The molecule has 1 fully saturated rings. The van der Waals surface area contributed by atoms with Crippen LogP contribution in [0.4, 0.5) is 0 Å². The summed E-state index contributed by atoms with van der Waals surface area (Å²) >= 11 is 0. The zero-order chi connectivity index (χ0) is 11.7. The highest BCUT2D eigenvalue weighted by molar-refractivity contribution is 5.79. The maximum atomic E-state index is 11.1. The average molecular weight is 229 g/mol. The molecule has 2 heterocycles. The van der Waals surface area contributed by atoms with Crippen LogP contribution in [0.3, 0.4) is 0 Å². The van der Waals surface area contributed by atoms with Gasteiger partial charge in [0, 0.05) is 18.5 Å². The van der Waals surface area contributed by atoms with E-state index in [0.29, 0.717) is 24.7 Å². The van der Waals surface area contributed by atoms with Crippen molar-refractivity contribution in [2.45, 2.75) is 12.3 Å². The topological polar surface area (TPSA) is 68.0 Å². The summed E-state index contributed by atoms with van der Waals surface area (Å²) in [5.74, 6) is 1.14. The van der Waals surface area contributed by atoms with Crippen molar-refractivity contribution in [3.63, 3.8) is 0 Å². The fourth-order valence-corrected chi connectivity index (χ4v) is 1.89. The van der Waals surface area contributed by atoms with Crippen molar-refractivity contribution < 1.29 is 9.32 Å². The highest BCUT2D eigenvalue weighted by Crippen LogP contribution is 2.24. The smallest absolute Gasteiger partial charge is 0.232 e.